The molecule has 1 amide bonds. The molecule has 3 unspecified atom stereocenters. The van der Waals surface area contributed by atoms with Gasteiger partial charge in [0.2, 0.25) is 0 Å². The van der Waals surface area contributed by atoms with Gasteiger partial charge in [0.25, 0.3) is 5.91 Å². The maximum atomic E-state index is 12.0. The average molecular weight is 309 g/mol. The van der Waals surface area contributed by atoms with Crippen molar-refractivity contribution in [2.75, 3.05) is 6.54 Å². The number of hydrogen-bond acceptors (Lipinski definition) is 2. The number of amides is 1. The Balaban J connectivity index is 0.00000161. The summed E-state index contributed by atoms with van der Waals surface area (Å²) in [5.41, 5.74) is 7.35. The maximum absolute atomic E-state index is 12.0. The SMILES string of the molecule is Cl.NCc1ccc(C(=O)NCCC2CC3CCC2C3)cc1. The molecule has 2 aliphatic rings. The van der Waals surface area contributed by atoms with Crippen LogP contribution < -0.4 is 11.1 Å². The van der Waals surface area contributed by atoms with Gasteiger partial charge in [0, 0.05) is 18.7 Å². The van der Waals surface area contributed by atoms with Crippen LogP contribution in [0.15, 0.2) is 24.3 Å². The molecule has 0 saturated heterocycles. The third kappa shape index (κ3) is 3.78. The first-order valence-corrected chi connectivity index (χ1v) is 7.83. The van der Waals surface area contributed by atoms with Crippen LogP contribution in [0.4, 0.5) is 0 Å². The third-order valence-electron chi connectivity index (χ3n) is 5.14. The standard InChI is InChI=1S/C17H24N2O.ClH/c18-11-12-1-4-14(5-2-12)17(20)19-8-7-16-10-13-3-6-15(16)9-13;/h1-2,4-5,13,15-16H,3,6-11,18H2,(H,19,20);1H. The van der Waals surface area contributed by atoms with E-state index in [1.807, 2.05) is 24.3 Å². The Labute approximate surface area is 133 Å². The Morgan fingerprint density at radius 2 is 1.95 bits per heavy atom. The van der Waals surface area contributed by atoms with Gasteiger partial charge >= 0.3 is 0 Å². The number of fused-ring (bicyclic) bond motifs is 2. The van der Waals surface area contributed by atoms with Crippen LogP contribution in [0.5, 0.6) is 0 Å². The number of nitrogens with two attached hydrogens (primary N) is 1. The summed E-state index contributed by atoms with van der Waals surface area (Å²) >= 11 is 0. The van der Waals surface area contributed by atoms with Crippen molar-refractivity contribution in [3.05, 3.63) is 35.4 Å². The lowest BCUT2D eigenvalue weighted by atomic mass is 9.86. The van der Waals surface area contributed by atoms with Gasteiger partial charge < -0.3 is 11.1 Å². The van der Waals surface area contributed by atoms with Crippen LogP contribution in [0.3, 0.4) is 0 Å². The van der Waals surface area contributed by atoms with Crippen LogP contribution in [-0.4, -0.2) is 12.5 Å². The molecule has 21 heavy (non-hydrogen) atoms. The van der Waals surface area contributed by atoms with Gasteiger partial charge in [-0.2, -0.15) is 0 Å². The molecule has 2 saturated carbocycles. The van der Waals surface area contributed by atoms with Gasteiger partial charge in [-0.25, -0.2) is 0 Å². The summed E-state index contributed by atoms with van der Waals surface area (Å²) in [6, 6.07) is 7.56. The van der Waals surface area contributed by atoms with Crippen molar-refractivity contribution < 1.29 is 4.79 Å². The van der Waals surface area contributed by atoms with E-state index in [1.54, 1.807) is 0 Å². The Morgan fingerprint density at radius 1 is 1.19 bits per heavy atom. The predicted molar refractivity (Wildman–Crippen MR) is 87.5 cm³/mol. The van der Waals surface area contributed by atoms with Crippen molar-refractivity contribution in [2.45, 2.75) is 38.6 Å². The topological polar surface area (TPSA) is 55.1 Å². The van der Waals surface area contributed by atoms with Crippen molar-refractivity contribution in [1.29, 1.82) is 0 Å². The highest BCUT2D eigenvalue weighted by Gasteiger charge is 2.38. The fourth-order valence-electron chi connectivity index (χ4n) is 4.00. The summed E-state index contributed by atoms with van der Waals surface area (Å²) in [5, 5.41) is 3.05. The second kappa shape index (κ2) is 7.28. The number of benzene rings is 1. The van der Waals surface area contributed by atoms with E-state index in [-0.39, 0.29) is 18.3 Å². The van der Waals surface area contributed by atoms with Gasteiger partial charge in [-0.15, -0.1) is 12.4 Å². The van der Waals surface area contributed by atoms with Gasteiger partial charge in [0.05, 0.1) is 0 Å². The first kappa shape index (κ1) is 16.3. The highest BCUT2D eigenvalue weighted by molar-refractivity contribution is 5.94. The molecule has 0 heterocycles. The van der Waals surface area contributed by atoms with Gasteiger partial charge in [-0.3, -0.25) is 4.79 Å². The number of halogens is 1. The van der Waals surface area contributed by atoms with Crippen molar-refractivity contribution in [2.24, 2.45) is 23.5 Å². The van der Waals surface area contributed by atoms with Gasteiger partial charge in [0.15, 0.2) is 0 Å². The Morgan fingerprint density at radius 3 is 2.52 bits per heavy atom. The largest absolute Gasteiger partial charge is 0.352 e. The van der Waals surface area contributed by atoms with E-state index in [1.165, 1.54) is 25.7 Å². The molecule has 3 nitrogen and oxygen atoms in total. The van der Waals surface area contributed by atoms with E-state index in [0.717, 1.165) is 41.8 Å². The highest BCUT2D eigenvalue weighted by atomic mass is 35.5. The lowest BCUT2D eigenvalue weighted by Gasteiger charge is -2.21. The molecule has 1 aromatic rings. The fraction of sp³-hybridized carbons (Fsp3) is 0.588. The molecule has 2 aliphatic carbocycles. The molecule has 0 aliphatic heterocycles. The van der Waals surface area contributed by atoms with Crippen LogP contribution in [0.2, 0.25) is 0 Å². The summed E-state index contributed by atoms with van der Waals surface area (Å²) in [7, 11) is 0. The maximum Gasteiger partial charge on any atom is 0.251 e. The van der Waals surface area contributed by atoms with E-state index in [4.69, 9.17) is 5.73 Å². The molecule has 116 valence electrons. The van der Waals surface area contributed by atoms with Crippen LogP contribution in [0.25, 0.3) is 0 Å². The number of carbonyl (C=O) groups excluding carboxylic acids is 1. The van der Waals surface area contributed by atoms with Gasteiger partial charge in [0.1, 0.15) is 0 Å². The van der Waals surface area contributed by atoms with Crippen LogP contribution >= 0.6 is 12.4 Å². The van der Waals surface area contributed by atoms with Crippen molar-refractivity contribution in [3.63, 3.8) is 0 Å². The van der Waals surface area contributed by atoms with Crippen molar-refractivity contribution in [3.8, 4) is 0 Å². The molecule has 0 radical (unpaired) electrons. The minimum atomic E-state index is 0. The fourth-order valence-corrected chi connectivity index (χ4v) is 4.00. The van der Waals surface area contributed by atoms with E-state index < -0.39 is 0 Å². The van der Waals surface area contributed by atoms with Crippen molar-refractivity contribution in [1.82, 2.24) is 5.32 Å². The third-order valence-corrected chi connectivity index (χ3v) is 5.14. The lowest BCUT2D eigenvalue weighted by Crippen LogP contribution is -2.27. The molecular weight excluding hydrogens is 284 g/mol. The minimum Gasteiger partial charge on any atom is -0.352 e. The molecule has 1 aromatic carbocycles. The second-order valence-corrected chi connectivity index (χ2v) is 6.38. The zero-order valence-electron chi connectivity index (χ0n) is 12.4. The van der Waals surface area contributed by atoms with Crippen LogP contribution in [0, 0.1) is 17.8 Å². The summed E-state index contributed by atoms with van der Waals surface area (Å²) in [6.07, 6.45) is 6.85. The molecule has 2 fully saturated rings. The minimum absolute atomic E-state index is 0. The Hall–Kier alpha value is -1.06. The lowest BCUT2D eigenvalue weighted by molar-refractivity contribution is 0.0949. The second-order valence-electron chi connectivity index (χ2n) is 6.38. The number of rotatable bonds is 5. The predicted octanol–water partition coefficient (Wildman–Crippen LogP) is 3.12. The molecule has 3 atom stereocenters. The van der Waals surface area contributed by atoms with Crippen molar-refractivity contribution >= 4 is 18.3 Å². The molecule has 3 rings (SSSR count). The Bertz CT molecular complexity index is 474. The van der Waals surface area contributed by atoms with E-state index in [2.05, 4.69) is 5.32 Å². The zero-order valence-corrected chi connectivity index (χ0v) is 13.2. The summed E-state index contributed by atoms with van der Waals surface area (Å²) < 4.78 is 0. The van der Waals surface area contributed by atoms with E-state index in [0.29, 0.717) is 6.54 Å². The van der Waals surface area contributed by atoms with Gasteiger partial charge in [-0.1, -0.05) is 18.6 Å². The molecule has 3 N–H and O–H groups in total. The first-order chi connectivity index (χ1) is 9.76. The van der Waals surface area contributed by atoms with Crippen LogP contribution in [-0.2, 0) is 6.54 Å². The average Bonchev–Trinajstić information content (AvgIpc) is 3.10. The summed E-state index contributed by atoms with van der Waals surface area (Å²) in [6.45, 7) is 1.33. The highest BCUT2D eigenvalue weighted by Crippen LogP contribution is 2.49. The summed E-state index contributed by atoms with van der Waals surface area (Å²) in [5.74, 6) is 2.83. The molecular formula is C17H25ClN2O. The van der Waals surface area contributed by atoms with Gasteiger partial charge in [-0.05, 0) is 61.1 Å². The zero-order chi connectivity index (χ0) is 13.9. The smallest absolute Gasteiger partial charge is 0.251 e. The molecule has 2 bridgehead atoms. The Kier molecular flexibility index (Phi) is 5.65. The number of hydrogen-bond donors (Lipinski definition) is 2. The molecule has 0 spiro atoms. The molecule has 4 heteroatoms. The number of nitrogens with one attached hydrogen (secondary N) is 1. The normalized spacial score (nSPS) is 26.4. The number of carbonyl (C=O) groups is 1. The first-order valence-electron chi connectivity index (χ1n) is 7.83. The quantitative estimate of drug-likeness (QED) is 0.878. The van der Waals surface area contributed by atoms with Crippen LogP contribution in [0.1, 0.15) is 48.0 Å². The van der Waals surface area contributed by atoms with E-state index in [9.17, 15) is 4.79 Å². The molecule has 0 aromatic heterocycles. The monoisotopic (exact) mass is 308 g/mol. The van der Waals surface area contributed by atoms with E-state index >= 15 is 0 Å². The summed E-state index contributed by atoms with van der Waals surface area (Å²) in [4.78, 5) is 12.0.